The minimum absolute atomic E-state index is 0.0415. The van der Waals surface area contributed by atoms with Crippen LogP contribution < -0.4 is 0 Å². The first-order chi connectivity index (χ1) is 10.9. The Morgan fingerprint density at radius 2 is 2.00 bits per heavy atom. The number of carbonyl (C=O) groups excluding carboxylic acids is 1. The molecule has 2 aliphatic carbocycles. The van der Waals surface area contributed by atoms with Crippen molar-refractivity contribution in [2.75, 3.05) is 13.2 Å². The highest BCUT2D eigenvalue weighted by Crippen LogP contribution is 2.60. The first kappa shape index (κ1) is 17.0. The van der Waals surface area contributed by atoms with Crippen LogP contribution in [0.3, 0.4) is 0 Å². The van der Waals surface area contributed by atoms with Crippen molar-refractivity contribution in [2.24, 2.45) is 28.6 Å². The Bertz CT molecular complexity index is 488. The lowest BCUT2D eigenvalue weighted by Crippen LogP contribution is -2.56. The van der Waals surface area contributed by atoms with Crippen LogP contribution in [-0.2, 0) is 9.53 Å². The summed E-state index contributed by atoms with van der Waals surface area (Å²) >= 11 is 0. The molecule has 3 rings (SSSR count). The van der Waals surface area contributed by atoms with Crippen molar-refractivity contribution in [1.82, 2.24) is 0 Å². The number of allylic oxidation sites excluding steroid dienone is 1. The van der Waals surface area contributed by atoms with E-state index >= 15 is 0 Å². The molecule has 3 fully saturated rings. The van der Waals surface area contributed by atoms with Gasteiger partial charge in [0.25, 0.3) is 0 Å². The van der Waals surface area contributed by atoms with E-state index in [1.165, 1.54) is 0 Å². The van der Waals surface area contributed by atoms with Crippen LogP contribution in [-0.4, -0.2) is 35.5 Å². The quantitative estimate of drug-likeness (QED) is 0.619. The van der Waals surface area contributed by atoms with E-state index in [0.717, 1.165) is 38.5 Å². The maximum atomic E-state index is 11.7. The van der Waals surface area contributed by atoms with E-state index in [4.69, 9.17) is 4.74 Å². The number of rotatable bonds is 3. The van der Waals surface area contributed by atoms with Crippen LogP contribution in [0, 0.1) is 28.6 Å². The second kappa shape index (κ2) is 6.21. The van der Waals surface area contributed by atoms with Crippen molar-refractivity contribution in [1.29, 1.82) is 0 Å². The molecule has 1 unspecified atom stereocenters. The van der Waals surface area contributed by atoms with Gasteiger partial charge in [0.15, 0.2) is 0 Å². The molecule has 4 nitrogen and oxygen atoms in total. The van der Waals surface area contributed by atoms with E-state index in [0.29, 0.717) is 18.4 Å². The first-order valence-electron chi connectivity index (χ1n) is 9.05. The fraction of sp³-hybridized carbons (Fsp3) is 0.842. The molecule has 0 aromatic carbocycles. The minimum Gasteiger partial charge on any atom is -0.465 e. The van der Waals surface area contributed by atoms with Crippen LogP contribution in [0.5, 0.6) is 0 Å². The van der Waals surface area contributed by atoms with Gasteiger partial charge in [0.1, 0.15) is 0 Å². The third-order valence-corrected chi connectivity index (χ3v) is 7.06. The van der Waals surface area contributed by atoms with E-state index in [1.807, 2.05) is 6.92 Å². The zero-order valence-corrected chi connectivity index (χ0v) is 14.3. The van der Waals surface area contributed by atoms with Gasteiger partial charge in [0.2, 0.25) is 0 Å². The number of aliphatic hydroxyl groups is 2. The molecule has 130 valence electrons. The molecule has 0 aromatic rings. The van der Waals surface area contributed by atoms with Gasteiger partial charge in [0.05, 0.1) is 25.2 Å². The number of aliphatic hydroxyl groups excluding tert-OH is 2. The summed E-state index contributed by atoms with van der Waals surface area (Å²) in [5.74, 6) is 0.547. The summed E-state index contributed by atoms with van der Waals surface area (Å²) < 4.78 is 5.05. The molecule has 0 aromatic heterocycles. The molecule has 0 radical (unpaired) electrons. The van der Waals surface area contributed by atoms with Gasteiger partial charge >= 0.3 is 5.97 Å². The van der Waals surface area contributed by atoms with Crippen molar-refractivity contribution in [3.63, 3.8) is 0 Å². The average molecular weight is 322 g/mol. The van der Waals surface area contributed by atoms with E-state index in [-0.39, 0.29) is 23.9 Å². The molecular weight excluding hydrogens is 292 g/mol. The first-order valence-corrected chi connectivity index (χ1v) is 9.05. The standard InChI is InChI=1S/C19H30O4/c1-18-10-8-16(21)19(2,12-20)15(18)5-3-4-14(18)7-6-13-9-11-23-17(13)22/h6-7,13-16,20-21H,3-5,8-12H2,1-2H3/b7-6+/t13?,14-,15-,16+,18-,19-/m0/s1. The van der Waals surface area contributed by atoms with Gasteiger partial charge in [0, 0.05) is 5.41 Å². The Morgan fingerprint density at radius 1 is 1.22 bits per heavy atom. The van der Waals surface area contributed by atoms with Crippen molar-refractivity contribution in [3.05, 3.63) is 12.2 Å². The van der Waals surface area contributed by atoms with Crippen LogP contribution in [0.2, 0.25) is 0 Å². The van der Waals surface area contributed by atoms with Crippen LogP contribution in [0.25, 0.3) is 0 Å². The fourth-order valence-corrected chi connectivity index (χ4v) is 5.40. The predicted molar refractivity (Wildman–Crippen MR) is 87.6 cm³/mol. The number of esters is 1. The Morgan fingerprint density at radius 3 is 2.65 bits per heavy atom. The summed E-state index contributed by atoms with van der Waals surface area (Å²) in [6, 6.07) is 0. The summed E-state index contributed by atoms with van der Waals surface area (Å²) in [4.78, 5) is 11.7. The van der Waals surface area contributed by atoms with Crippen LogP contribution in [0.1, 0.15) is 52.4 Å². The molecule has 23 heavy (non-hydrogen) atoms. The van der Waals surface area contributed by atoms with Crippen molar-refractivity contribution >= 4 is 5.97 Å². The minimum atomic E-state index is -0.418. The maximum absolute atomic E-state index is 11.7. The van der Waals surface area contributed by atoms with Gasteiger partial charge in [-0.05, 0) is 49.4 Å². The highest BCUT2D eigenvalue weighted by molar-refractivity contribution is 5.76. The molecule has 2 N–H and O–H groups in total. The van der Waals surface area contributed by atoms with Crippen LogP contribution in [0.4, 0.5) is 0 Å². The number of ether oxygens (including phenoxy) is 1. The van der Waals surface area contributed by atoms with E-state index < -0.39 is 11.5 Å². The van der Waals surface area contributed by atoms with Crippen molar-refractivity contribution < 1.29 is 19.7 Å². The van der Waals surface area contributed by atoms with E-state index in [9.17, 15) is 15.0 Å². The second-order valence-electron chi connectivity index (χ2n) is 8.26. The monoisotopic (exact) mass is 322 g/mol. The van der Waals surface area contributed by atoms with Gasteiger partial charge in [-0.1, -0.05) is 32.4 Å². The zero-order chi connectivity index (χ0) is 16.7. The largest absolute Gasteiger partial charge is 0.465 e. The van der Waals surface area contributed by atoms with E-state index in [2.05, 4.69) is 19.1 Å². The van der Waals surface area contributed by atoms with Gasteiger partial charge < -0.3 is 14.9 Å². The molecule has 2 saturated carbocycles. The molecule has 0 bridgehead atoms. The fourth-order valence-electron chi connectivity index (χ4n) is 5.40. The molecule has 6 atom stereocenters. The third kappa shape index (κ3) is 2.74. The van der Waals surface area contributed by atoms with Gasteiger partial charge in [-0.15, -0.1) is 0 Å². The second-order valence-corrected chi connectivity index (χ2v) is 8.26. The maximum Gasteiger partial charge on any atom is 0.312 e. The lowest BCUT2D eigenvalue weighted by Gasteiger charge is -2.59. The highest BCUT2D eigenvalue weighted by Gasteiger charge is 2.56. The zero-order valence-electron chi connectivity index (χ0n) is 14.3. The van der Waals surface area contributed by atoms with Crippen molar-refractivity contribution in [3.8, 4) is 0 Å². The van der Waals surface area contributed by atoms with E-state index in [1.54, 1.807) is 0 Å². The summed E-state index contributed by atoms with van der Waals surface area (Å²) in [6.07, 6.45) is 9.70. The molecule has 1 saturated heterocycles. The van der Waals surface area contributed by atoms with Crippen LogP contribution >= 0.6 is 0 Å². The Kier molecular flexibility index (Phi) is 4.58. The SMILES string of the molecule is C[C@]1(CO)[C@H]2CCC[C@@H](/C=C/C3CCOC3=O)[C@]2(C)CC[C@H]1O. The predicted octanol–water partition coefficient (Wildman–Crippen LogP) is 2.68. The Hall–Kier alpha value is -0.870. The van der Waals surface area contributed by atoms with Gasteiger partial charge in [-0.3, -0.25) is 4.79 Å². The molecule has 0 spiro atoms. The Balaban J connectivity index is 1.82. The highest BCUT2D eigenvalue weighted by atomic mass is 16.5. The average Bonchev–Trinajstić information content (AvgIpc) is 2.95. The number of fused-ring (bicyclic) bond motifs is 1. The molecule has 4 heteroatoms. The lowest BCUT2D eigenvalue weighted by molar-refractivity contribution is -0.154. The Labute approximate surface area is 138 Å². The number of hydrogen-bond donors (Lipinski definition) is 2. The molecule has 1 heterocycles. The van der Waals surface area contributed by atoms with Gasteiger partial charge in [-0.2, -0.15) is 0 Å². The summed E-state index contributed by atoms with van der Waals surface area (Å²) in [5.41, 5.74) is -0.320. The number of hydrogen-bond acceptors (Lipinski definition) is 4. The number of cyclic esters (lactones) is 1. The summed E-state index contributed by atoms with van der Waals surface area (Å²) in [6.45, 7) is 4.94. The summed E-state index contributed by atoms with van der Waals surface area (Å²) in [5, 5.41) is 20.4. The molecule has 3 aliphatic rings. The smallest absolute Gasteiger partial charge is 0.312 e. The third-order valence-electron chi connectivity index (χ3n) is 7.06. The normalized spacial score (nSPS) is 47.6. The molecule has 0 amide bonds. The lowest BCUT2D eigenvalue weighted by atomic mass is 9.47. The van der Waals surface area contributed by atoms with Crippen molar-refractivity contribution in [2.45, 2.75) is 58.5 Å². The van der Waals surface area contributed by atoms with Crippen LogP contribution in [0.15, 0.2) is 12.2 Å². The molecular formula is C19H30O4. The van der Waals surface area contributed by atoms with Gasteiger partial charge in [-0.25, -0.2) is 0 Å². The molecule has 1 aliphatic heterocycles. The topological polar surface area (TPSA) is 66.8 Å². The number of carbonyl (C=O) groups is 1. The summed E-state index contributed by atoms with van der Waals surface area (Å²) in [7, 11) is 0.